The normalized spacial score (nSPS) is 41.1. The Bertz CT molecular complexity index is 1130. The van der Waals surface area contributed by atoms with Gasteiger partial charge in [-0.1, -0.05) is 43.3 Å². The maximum Gasteiger partial charge on any atom is 0.303 e. The van der Waals surface area contributed by atoms with Gasteiger partial charge in [-0.2, -0.15) is 0 Å². The van der Waals surface area contributed by atoms with Crippen LogP contribution in [-0.2, 0) is 33.4 Å². The van der Waals surface area contributed by atoms with Crippen molar-refractivity contribution in [1.82, 2.24) is 0 Å². The third kappa shape index (κ3) is 6.12. The molecular formula is C34H49NO7. The van der Waals surface area contributed by atoms with Crippen LogP contribution >= 0.6 is 0 Å². The van der Waals surface area contributed by atoms with Gasteiger partial charge in [-0.3, -0.25) is 9.59 Å². The molecule has 0 bridgehead atoms. The van der Waals surface area contributed by atoms with Crippen molar-refractivity contribution in [3.05, 3.63) is 36.5 Å². The molecule has 0 amide bonds. The highest BCUT2D eigenvalue weighted by atomic mass is 16.7. The van der Waals surface area contributed by atoms with Gasteiger partial charge >= 0.3 is 11.9 Å². The second kappa shape index (κ2) is 12.7. The van der Waals surface area contributed by atoms with Crippen molar-refractivity contribution in [2.75, 3.05) is 13.2 Å². The van der Waals surface area contributed by atoms with Gasteiger partial charge in [-0.05, 0) is 99.0 Å². The average Bonchev–Trinajstić information content (AvgIpc) is 3.30. The highest BCUT2D eigenvalue weighted by Crippen LogP contribution is 2.66. The molecule has 4 unspecified atom stereocenters. The fourth-order valence-corrected chi connectivity index (χ4v) is 9.21. The lowest BCUT2D eigenvalue weighted by atomic mass is 9.47. The Hall–Kier alpha value is -2.45. The second-order valence-electron chi connectivity index (χ2n) is 13.6. The van der Waals surface area contributed by atoms with E-state index >= 15 is 0 Å². The molecule has 3 fully saturated rings. The summed E-state index contributed by atoms with van der Waals surface area (Å²) in [5, 5.41) is 4.47. The number of fused-ring (bicyclic) bond motifs is 5. The van der Waals surface area contributed by atoms with Crippen LogP contribution in [0.15, 0.2) is 41.6 Å². The maximum absolute atomic E-state index is 11.6. The van der Waals surface area contributed by atoms with Crippen LogP contribution in [0.25, 0.3) is 0 Å². The van der Waals surface area contributed by atoms with Crippen molar-refractivity contribution in [1.29, 1.82) is 0 Å². The van der Waals surface area contributed by atoms with Crippen LogP contribution < -0.4 is 0 Å². The van der Waals surface area contributed by atoms with Crippen molar-refractivity contribution < 1.29 is 33.4 Å². The molecule has 4 aliphatic carbocycles. The molecule has 8 nitrogen and oxygen atoms in total. The molecule has 0 N–H and O–H groups in total. The van der Waals surface area contributed by atoms with Gasteiger partial charge in [0.05, 0.1) is 11.8 Å². The highest BCUT2D eigenvalue weighted by Gasteiger charge is 2.59. The quantitative estimate of drug-likeness (QED) is 0.103. The Morgan fingerprint density at radius 2 is 1.88 bits per heavy atom. The van der Waals surface area contributed by atoms with Gasteiger partial charge in [0.1, 0.15) is 25.4 Å². The lowest BCUT2D eigenvalue weighted by Gasteiger charge is -2.58. The molecule has 0 aromatic rings. The van der Waals surface area contributed by atoms with E-state index in [1.54, 1.807) is 17.7 Å². The largest absolute Gasteiger partial charge is 0.463 e. The van der Waals surface area contributed by atoms with E-state index in [4.69, 9.17) is 23.8 Å². The number of rotatable bonds is 9. The van der Waals surface area contributed by atoms with Crippen LogP contribution in [-0.4, -0.2) is 55.5 Å². The van der Waals surface area contributed by atoms with Crippen molar-refractivity contribution in [3.63, 3.8) is 0 Å². The molecule has 5 rings (SSSR count). The van der Waals surface area contributed by atoms with E-state index in [1.807, 2.05) is 6.08 Å². The Kier molecular flexibility index (Phi) is 9.33. The second-order valence-corrected chi connectivity index (χ2v) is 13.6. The summed E-state index contributed by atoms with van der Waals surface area (Å²) in [4.78, 5) is 28.4. The van der Waals surface area contributed by atoms with Crippen LogP contribution in [0.5, 0.6) is 0 Å². The summed E-state index contributed by atoms with van der Waals surface area (Å²) in [6.07, 6.45) is 15.3. The molecule has 0 aromatic carbocycles. The SMILES string of the molecule is C=CCO/N=C(\C)[C@H]1CCC2C3CC=C4C[C@@H](OC5C=C[C@H](OC(C)=O)[C@@H](COC(C)=O)O5)CC[C@]4(C)C3CC[C@@]21C. The predicted octanol–water partition coefficient (Wildman–Crippen LogP) is 6.31. The summed E-state index contributed by atoms with van der Waals surface area (Å²) in [5.41, 5.74) is 3.18. The van der Waals surface area contributed by atoms with Crippen LogP contribution in [0, 0.1) is 34.5 Å². The summed E-state index contributed by atoms with van der Waals surface area (Å²) in [6.45, 7) is 14.1. The molecule has 10 atom stereocenters. The first-order chi connectivity index (χ1) is 20.0. The lowest BCUT2D eigenvalue weighted by Crippen LogP contribution is -2.51. The van der Waals surface area contributed by atoms with E-state index in [0.717, 1.165) is 37.3 Å². The standard InChI is InChI=1S/C34H49NO7/c1-7-18-39-35-21(2)27-10-11-28-26-9-8-24-19-25(14-16-33(24,5)29(26)15-17-34(27,28)6)41-32-13-12-30(40-23(4)37)31(42-32)20-38-22(3)36/h7-8,12-13,25-32H,1,9-11,14-20H2,2-6H3/b35-21+/t25-,26?,27+,28?,29?,30-,31+,32?,33-,34+/m0/s1. The lowest BCUT2D eigenvalue weighted by molar-refractivity contribution is -0.213. The number of ether oxygens (including phenoxy) is 4. The van der Waals surface area contributed by atoms with Crippen molar-refractivity contribution in [2.24, 2.45) is 39.7 Å². The smallest absolute Gasteiger partial charge is 0.303 e. The van der Waals surface area contributed by atoms with Crippen LogP contribution in [0.3, 0.4) is 0 Å². The molecule has 3 saturated carbocycles. The number of allylic oxidation sites excluding steroid dienone is 1. The van der Waals surface area contributed by atoms with Crippen molar-refractivity contribution in [3.8, 4) is 0 Å². The first-order valence-corrected chi connectivity index (χ1v) is 15.8. The van der Waals surface area contributed by atoms with Gasteiger partial charge in [0, 0.05) is 19.8 Å². The molecule has 8 heteroatoms. The first kappa shape index (κ1) is 31.0. The topological polar surface area (TPSA) is 92.6 Å². The Balaban J connectivity index is 1.24. The molecule has 5 aliphatic rings. The van der Waals surface area contributed by atoms with E-state index < -0.39 is 30.4 Å². The van der Waals surface area contributed by atoms with Crippen LogP contribution in [0.2, 0.25) is 0 Å². The van der Waals surface area contributed by atoms with Gasteiger partial charge in [0.15, 0.2) is 6.29 Å². The number of esters is 2. The summed E-state index contributed by atoms with van der Waals surface area (Å²) < 4.78 is 23.1. The predicted molar refractivity (Wildman–Crippen MR) is 159 cm³/mol. The minimum Gasteiger partial charge on any atom is -0.463 e. The van der Waals surface area contributed by atoms with E-state index in [0.29, 0.717) is 24.4 Å². The molecule has 42 heavy (non-hydrogen) atoms. The Labute approximate surface area is 250 Å². The monoisotopic (exact) mass is 583 g/mol. The summed E-state index contributed by atoms with van der Waals surface area (Å²) in [5.74, 6) is 1.81. The van der Waals surface area contributed by atoms with Gasteiger partial charge in [-0.25, -0.2) is 0 Å². The van der Waals surface area contributed by atoms with Gasteiger partial charge in [0.25, 0.3) is 0 Å². The average molecular weight is 584 g/mol. The maximum atomic E-state index is 11.6. The van der Waals surface area contributed by atoms with E-state index in [9.17, 15) is 9.59 Å². The minimum absolute atomic E-state index is 0.00259. The minimum atomic E-state index is -0.615. The van der Waals surface area contributed by atoms with Crippen molar-refractivity contribution in [2.45, 2.75) is 111 Å². The molecule has 232 valence electrons. The third-order valence-corrected chi connectivity index (χ3v) is 11.2. The molecule has 1 aliphatic heterocycles. The first-order valence-electron chi connectivity index (χ1n) is 15.8. The van der Waals surface area contributed by atoms with E-state index in [-0.39, 0.29) is 23.5 Å². The highest BCUT2D eigenvalue weighted by molar-refractivity contribution is 5.85. The zero-order valence-corrected chi connectivity index (χ0v) is 26.0. The summed E-state index contributed by atoms with van der Waals surface area (Å²) >= 11 is 0. The number of carbonyl (C=O) groups is 2. The molecular weight excluding hydrogens is 534 g/mol. The van der Waals surface area contributed by atoms with E-state index in [1.165, 1.54) is 39.5 Å². The van der Waals surface area contributed by atoms with Gasteiger partial charge < -0.3 is 23.8 Å². The molecule has 0 saturated heterocycles. The zero-order chi connectivity index (χ0) is 30.1. The number of carbonyl (C=O) groups excluding carboxylic acids is 2. The van der Waals surface area contributed by atoms with Crippen LogP contribution in [0.1, 0.15) is 86.0 Å². The third-order valence-electron chi connectivity index (χ3n) is 11.2. The van der Waals surface area contributed by atoms with Gasteiger partial charge in [0.2, 0.25) is 0 Å². The fourth-order valence-electron chi connectivity index (χ4n) is 9.21. The Morgan fingerprint density at radius 3 is 2.62 bits per heavy atom. The van der Waals surface area contributed by atoms with Crippen molar-refractivity contribution >= 4 is 17.7 Å². The number of hydrogen-bond acceptors (Lipinski definition) is 8. The summed E-state index contributed by atoms with van der Waals surface area (Å²) in [6, 6.07) is 0. The molecule has 0 aromatic heterocycles. The van der Waals surface area contributed by atoms with E-state index in [2.05, 4.69) is 38.6 Å². The van der Waals surface area contributed by atoms with Crippen LogP contribution in [0.4, 0.5) is 0 Å². The number of nitrogens with zero attached hydrogens (tertiary/aromatic N) is 1. The molecule has 0 radical (unpaired) electrons. The molecule has 0 spiro atoms. The summed E-state index contributed by atoms with van der Waals surface area (Å²) in [7, 11) is 0. The zero-order valence-electron chi connectivity index (χ0n) is 26.0. The van der Waals surface area contributed by atoms with Gasteiger partial charge in [-0.15, -0.1) is 0 Å². The molecule has 1 heterocycles. The number of oxime groups is 1. The number of hydrogen-bond donors (Lipinski definition) is 0. The fraction of sp³-hybridized carbons (Fsp3) is 0.735. The Morgan fingerprint density at radius 1 is 1.07 bits per heavy atom.